The van der Waals surface area contributed by atoms with Gasteiger partial charge in [-0.05, 0) is 31.5 Å². The zero-order valence-corrected chi connectivity index (χ0v) is 10.2. The second kappa shape index (κ2) is 6.40. The van der Waals surface area contributed by atoms with Crippen LogP contribution in [0.3, 0.4) is 0 Å². The predicted octanol–water partition coefficient (Wildman–Crippen LogP) is 2.74. The lowest BCUT2D eigenvalue weighted by molar-refractivity contribution is 0.233. The van der Waals surface area contributed by atoms with Gasteiger partial charge < -0.3 is 10.1 Å². The molecular formula is C14H20N2O. The number of likely N-dealkylation sites (tertiary alicyclic amines) is 1. The summed E-state index contributed by atoms with van der Waals surface area (Å²) < 4.78 is 0. The molecule has 1 aliphatic heterocycles. The minimum absolute atomic E-state index is 0.788. The van der Waals surface area contributed by atoms with Crippen LogP contribution in [-0.4, -0.2) is 35.5 Å². The summed E-state index contributed by atoms with van der Waals surface area (Å²) in [4.78, 5) is 2.46. The van der Waals surface area contributed by atoms with E-state index in [1.807, 2.05) is 30.3 Å². The number of nitrogens with zero attached hydrogens (tertiary/aromatic N) is 2. The van der Waals surface area contributed by atoms with Crippen LogP contribution in [0, 0.1) is 0 Å². The Morgan fingerprint density at radius 3 is 2.47 bits per heavy atom. The second-order valence-corrected chi connectivity index (χ2v) is 4.57. The van der Waals surface area contributed by atoms with E-state index in [9.17, 15) is 0 Å². The molecule has 0 bridgehead atoms. The van der Waals surface area contributed by atoms with E-state index in [0.29, 0.717) is 0 Å². The molecule has 0 spiro atoms. The van der Waals surface area contributed by atoms with Gasteiger partial charge in [0.05, 0.1) is 5.71 Å². The van der Waals surface area contributed by atoms with Crippen LogP contribution in [0.2, 0.25) is 0 Å². The molecule has 0 amide bonds. The molecule has 1 aliphatic rings. The molecule has 0 atom stereocenters. The molecule has 1 aromatic carbocycles. The van der Waals surface area contributed by atoms with Crippen LogP contribution in [-0.2, 0) is 0 Å². The molecule has 1 fully saturated rings. The van der Waals surface area contributed by atoms with E-state index in [4.69, 9.17) is 5.21 Å². The van der Waals surface area contributed by atoms with Crippen LogP contribution in [0.4, 0.5) is 0 Å². The lowest BCUT2D eigenvalue weighted by Crippen LogP contribution is -2.31. The fourth-order valence-electron chi connectivity index (χ4n) is 2.33. The summed E-state index contributed by atoms with van der Waals surface area (Å²) in [5.74, 6) is 0. The van der Waals surface area contributed by atoms with Gasteiger partial charge in [0.25, 0.3) is 0 Å². The van der Waals surface area contributed by atoms with Gasteiger partial charge in [-0.15, -0.1) is 0 Å². The summed E-state index contributed by atoms with van der Waals surface area (Å²) in [7, 11) is 0. The fourth-order valence-corrected chi connectivity index (χ4v) is 2.33. The molecule has 1 saturated heterocycles. The molecule has 2 rings (SSSR count). The van der Waals surface area contributed by atoms with Gasteiger partial charge in [0.2, 0.25) is 0 Å². The Hall–Kier alpha value is -1.35. The molecule has 3 nitrogen and oxygen atoms in total. The van der Waals surface area contributed by atoms with Crippen LogP contribution in [0.15, 0.2) is 35.5 Å². The number of hydrogen-bond acceptors (Lipinski definition) is 3. The van der Waals surface area contributed by atoms with Gasteiger partial charge >= 0.3 is 0 Å². The Labute approximate surface area is 103 Å². The van der Waals surface area contributed by atoms with Crippen molar-refractivity contribution < 1.29 is 5.21 Å². The van der Waals surface area contributed by atoms with Crippen LogP contribution < -0.4 is 0 Å². The van der Waals surface area contributed by atoms with Crippen molar-refractivity contribution in [1.82, 2.24) is 4.90 Å². The van der Waals surface area contributed by atoms with Crippen LogP contribution >= 0.6 is 0 Å². The van der Waals surface area contributed by atoms with Gasteiger partial charge in [-0.25, -0.2) is 0 Å². The maximum absolute atomic E-state index is 9.08. The monoisotopic (exact) mass is 232 g/mol. The minimum atomic E-state index is 0.788. The number of piperidine rings is 1. The molecule has 1 heterocycles. The second-order valence-electron chi connectivity index (χ2n) is 4.57. The van der Waals surface area contributed by atoms with Gasteiger partial charge in [0, 0.05) is 13.0 Å². The van der Waals surface area contributed by atoms with E-state index in [2.05, 4.69) is 10.1 Å². The van der Waals surface area contributed by atoms with Crippen molar-refractivity contribution in [1.29, 1.82) is 0 Å². The Kier molecular flexibility index (Phi) is 4.56. The maximum Gasteiger partial charge on any atom is 0.0880 e. The fraction of sp³-hybridized carbons (Fsp3) is 0.500. The van der Waals surface area contributed by atoms with Crippen molar-refractivity contribution in [2.75, 3.05) is 19.6 Å². The summed E-state index contributed by atoms with van der Waals surface area (Å²) in [5.41, 5.74) is 1.81. The number of benzene rings is 1. The number of rotatable bonds is 4. The Morgan fingerprint density at radius 2 is 1.82 bits per heavy atom. The van der Waals surface area contributed by atoms with Crippen molar-refractivity contribution in [3.05, 3.63) is 35.9 Å². The van der Waals surface area contributed by atoms with E-state index in [-0.39, 0.29) is 0 Å². The molecule has 92 valence electrons. The lowest BCUT2D eigenvalue weighted by Gasteiger charge is -2.26. The van der Waals surface area contributed by atoms with Crippen molar-refractivity contribution >= 4 is 5.71 Å². The van der Waals surface area contributed by atoms with Crippen LogP contribution in [0.25, 0.3) is 0 Å². The first-order valence-corrected chi connectivity index (χ1v) is 6.39. The van der Waals surface area contributed by atoms with E-state index in [1.54, 1.807) is 0 Å². The molecule has 0 unspecified atom stereocenters. The Bertz CT molecular complexity index is 356. The zero-order chi connectivity index (χ0) is 11.9. The highest BCUT2D eigenvalue weighted by Gasteiger charge is 2.11. The molecule has 0 saturated carbocycles. The third-order valence-electron chi connectivity index (χ3n) is 3.34. The van der Waals surface area contributed by atoms with E-state index < -0.39 is 0 Å². The van der Waals surface area contributed by atoms with Crippen molar-refractivity contribution in [3.63, 3.8) is 0 Å². The van der Waals surface area contributed by atoms with Crippen molar-refractivity contribution in [2.24, 2.45) is 5.16 Å². The van der Waals surface area contributed by atoms with Crippen LogP contribution in [0.5, 0.6) is 0 Å². The Morgan fingerprint density at radius 1 is 1.12 bits per heavy atom. The topological polar surface area (TPSA) is 35.8 Å². The third-order valence-corrected chi connectivity index (χ3v) is 3.34. The SMILES string of the molecule is ON=C(CCN1CCCCC1)c1ccccc1. The average Bonchev–Trinajstić information content (AvgIpc) is 2.42. The molecule has 1 N–H and O–H groups in total. The highest BCUT2D eigenvalue weighted by atomic mass is 16.4. The molecule has 0 radical (unpaired) electrons. The molecule has 3 heteroatoms. The maximum atomic E-state index is 9.08. The molecular weight excluding hydrogens is 212 g/mol. The first-order chi connectivity index (χ1) is 8.40. The van der Waals surface area contributed by atoms with E-state index >= 15 is 0 Å². The quantitative estimate of drug-likeness (QED) is 0.492. The zero-order valence-electron chi connectivity index (χ0n) is 10.2. The first kappa shape index (κ1) is 12.1. The summed E-state index contributed by atoms with van der Waals surface area (Å²) in [6.07, 6.45) is 4.78. The van der Waals surface area contributed by atoms with Crippen molar-refractivity contribution in [2.45, 2.75) is 25.7 Å². The predicted molar refractivity (Wildman–Crippen MR) is 69.7 cm³/mol. The third kappa shape index (κ3) is 3.56. The molecule has 0 aliphatic carbocycles. The van der Waals surface area contributed by atoms with Gasteiger partial charge in [-0.2, -0.15) is 0 Å². The van der Waals surface area contributed by atoms with Gasteiger partial charge in [-0.1, -0.05) is 41.9 Å². The normalized spacial score (nSPS) is 18.2. The van der Waals surface area contributed by atoms with E-state index in [0.717, 1.165) is 24.2 Å². The minimum Gasteiger partial charge on any atom is -0.411 e. The summed E-state index contributed by atoms with van der Waals surface area (Å²) in [6.45, 7) is 3.37. The van der Waals surface area contributed by atoms with Crippen LogP contribution in [0.1, 0.15) is 31.2 Å². The van der Waals surface area contributed by atoms with Gasteiger partial charge in [-0.3, -0.25) is 0 Å². The van der Waals surface area contributed by atoms with Crippen molar-refractivity contribution in [3.8, 4) is 0 Å². The average molecular weight is 232 g/mol. The van der Waals surface area contributed by atoms with Gasteiger partial charge in [0.15, 0.2) is 0 Å². The molecule has 0 aromatic heterocycles. The highest BCUT2D eigenvalue weighted by Crippen LogP contribution is 2.11. The molecule has 1 aromatic rings. The number of oxime groups is 1. The summed E-state index contributed by atoms with van der Waals surface area (Å²) in [5, 5.41) is 12.5. The molecule has 17 heavy (non-hydrogen) atoms. The first-order valence-electron chi connectivity index (χ1n) is 6.39. The van der Waals surface area contributed by atoms with Gasteiger partial charge in [0.1, 0.15) is 0 Å². The highest BCUT2D eigenvalue weighted by molar-refractivity contribution is 6.00. The smallest absolute Gasteiger partial charge is 0.0880 e. The lowest BCUT2D eigenvalue weighted by atomic mass is 10.1. The standard InChI is InChI=1S/C14H20N2O/c17-15-14(13-7-3-1-4-8-13)9-12-16-10-5-2-6-11-16/h1,3-4,7-8,17H,2,5-6,9-12H2. The van der Waals surface area contributed by atoms with E-state index in [1.165, 1.54) is 32.4 Å². The number of hydrogen-bond donors (Lipinski definition) is 1. The summed E-state index contributed by atoms with van der Waals surface area (Å²) in [6, 6.07) is 9.91. The summed E-state index contributed by atoms with van der Waals surface area (Å²) >= 11 is 0. The largest absolute Gasteiger partial charge is 0.411 e. The Balaban J connectivity index is 1.88.